The van der Waals surface area contributed by atoms with Crippen LogP contribution in [0.15, 0.2) is 78.9 Å². The fourth-order valence-electron chi connectivity index (χ4n) is 3.24. The second kappa shape index (κ2) is 13.8. The maximum atomic E-state index is 11.3. The first-order valence-electron chi connectivity index (χ1n) is 9.98. The van der Waals surface area contributed by atoms with Gasteiger partial charge in [0.1, 0.15) is 11.5 Å². The molecular formula is C23H25KO7PS+. The molecular weight excluding hydrogens is 490 g/mol. The van der Waals surface area contributed by atoms with Crippen molar-refractivity contribution in [2.75, 3.05) is 0 Å². The molecule has 0 saturated carbocycles. The average Bonchev–Trinajstić information content (AvgIpc) is 2.75. The van der Waals surface area contributed by atoms with Gasteiger partial charge < -0.3 is 6.16 Å². The predicted octanol–water partition coefficient (Wildman–Crippen LogP) is 2.39. The van der Waals surface area contributed by atoms with Crippen molar-refractivity contribution in [1.82, 2.24) is 0 Å². The van der Waals surface area contributed by atoms with E-state index < -0.39 is 23.8 Å². The normalized spacial score (nSPS) is 12.5. The average molecular weight is 516 g/mol. The Balaban J connectivity index is 0.00000289. The molecule has 0 amide bonds. The largest absolute Gasteiger partial charge is 1.00 e. The Hall–Kier alpha value is -0.974. The third-order valence-electron chi connectivity index (χ3n) is 4.75. The van der Waals surface area contributed by atoms with E-state index in [0.29, 0.717) is 24.3 Å². The van der Waals surface area contributed by atoms with Crippen LogP contribution in [0.25, 0.3) is 0 Å². The summed E-state index contributed by atoms with van der Waals surface area (Å²) in [5.74, 6) is 1.34. The zero-order valence-corrected chi connectivity index (χ0v) is 23.0. The second-order valence-corrected chi connectivity index (χ2v) is 9.48. The van der Waals surface area contributed by atoms with Crippen LogP contribution < -0.4 is 56.1 Å². The molecule has 0 aromatic heterocycles. The molecule has 3 aromatic carbocycles. The van der Waals surface area contributed by atoms with Crippen molar-refractivity contribution in [1.29, 1.82) is 0 Å². The van der Waals surface area contributed by atoms with Gasteiger partial charge in [0, 0.05) is 4.57 Å². The molecule has 0 radical (unpaired) electrons. The van der Waals surface area contributed by atoms with E-state index in [0.717, 1.165) is 12.0 Å². The molecule has 7 nitrogen and oxygen atoms in total. The number of hydrogen-bond donors (Lipinski definition) is 2. The first kappa shape index (κ1) is 28.3. The summed E-state index contributed by atoms with van der Waals surface area (Å²) in [5.41, 5.74) is 1.58. The van der Waals surface area contributed by atoms with E-state index in [-0.39, 0.29) is 59.2 Å². The first-order chi connectivity index (χ1) is 15.3. The quantitative estimate of drug-likeness (QED) is 0.229. The molecule has 2 atom stereocenters. The molecule has 0 fully saturated rings. The van der Waals surface area contributed by atoms with Gasteiger partial charge in [0.2, 0.25) is 5.44 Å². The predicted molar refractivity (Wildman–Crippen MR) is 123 cm³/mol. The fraction of sp³-hybridized carbons (Fsp3) is 0.217. The minimum Gasteiger partial charge on any atom is -1.00 e. The molecule has 0 aliphatic rings. The van der Waals surface area contributed by atoms with Crippen LogP contribution in [0, 0.1) is 0 Å². The van der Waals surface area contributed by atoms with Crippen LogP contribution in [-0.2, 0) is 32.0 Å². The van der Waals surface area contributed by atoms with E-state index in [9.17, 15) is 13.0 Å². The van der Waals surface area contributed by atoms with Crippen molar-refractivity contribution in [3.8, 4) is 11.5 Å². The number of ether oxygens (including phenoxy) is 1. The van der Waals surface area contributed by atoms with Gasteiger partial charge in [-0.2, -0.15) is 8.42 Å². The summed E-state index contributed by atoms with van der Waals surface area (Å²) in [6.45, 7) is 0. The van der Waals surface area contributed by atoms with E-state index in [1.165, 1.54) is 11.1 Å². The van der Waals surface area contributed by atoms with Gasteiger partial charge in [-0.3, -0.25) is 4.55 Å². The molecule has 0 spiro atoms. The molecule has 2 N–H and O–H groups in total. The van der Waals surface area contributed by atoms with E-state index in [1.54, 1.807) is 0 Å². The van der Waals surface area contributed by atoms with E-state index in [1.807, 2.05) is 66.7 Å². The van der Waals surface area contributed by atoms with Crippen LogP contribution in [0.2, 0.25) is 0 Å². The summed E-state index contributed by atoms with van der Waals surface area (Å²) in [6.07, 6.45) is 1.53. The molecule has 0 bridgehead atoms. The maximum Gasteiger partial charge on any atom is 1.00 e. The summed E-state index contributed by atoms with van der Waals surface area (Å²) in [4.78, 5) is 8.76. The van der Waals surface area contributed by atoms with Crippen LogP contribution in [0.5, 0.6) is 11.5 Å². The van der Waals surface area contributed by atoms with E-state index in [2.05, 4.69) is 16.7 Å². The van der Waals surface area contributed by atoms with Crippen molar-refractivity contribution in [3.63, 3.8) is 0 Å². The first-order valence-corrected chi connectivity index (χ1v) is 12.6. The molecule has 33 heavy (non-hydrogen) atoms. The third-order valence-corrected chi connectivity index (χ3v) is 6.33. The van der Waals surface area contributed by atoms with E-state index in [4.69, 9.17) is 14.2 Å². The van der Waals surface area contributed by atoms with Crippen LogP contribution >= 0.6 is 8.25 Å². The molecule has 0 saturated heterocycles. The Bertz CT molecular complexity index is 1150. The van der Waals surface area contributed by atoms with Crippen molar-refractivity contribution in [2.45, 2.75) is 31.1 Å². The van der Waals surface area contributed by atoms with Gasteiger partial charge in [-0.25, -0.2) is 0 Å². The second-order valence-electron chi connectivity index (χ2n) is 7.24. The molecule has 0 heterocycles. The Kier molecular flexibility index (Phi) is 11.8. The molecule has 3 aromatic rings. The Labute approximate surface area is 238 Å². The van der Waals surface area contributed by atoms with Crippen LogP contribution in [0.1, 0.15) is 31.0 Å². The Morgan fingerprint density at radius 3 is 2.15 bits per heavy atom. The number of benzene rings is 3. The van der Waals surface area contributed by atoms with Crippen molar-refractivity contribution in [3.05, 3.63) is 95.6 Å². The third kappa shape index (κ3) is 10.0. The smallest absolute Gasteiger partial charge is 1.00 e. The molecule has 0 aliphatic heterocycles. The molecule has 10 heteroatoms. The van der Waals surface area contributed by atoms with Gasteiger partial charge >= 0.3 is 59.6 Å². The molecule has 3 rings (SSSR count). The van der Waals surface area contributed by atoms with Crippen LogP contribution in [-0.4, -0.2) is 23.3 Å². The van der Waals surface area contributed by atoms with E-state index >= 15 is 0 Å². The molecule has 170 valence electrons. The van der Waals surface area contributed by atoms with Crippen LogP contribution in [0.4, 0.5) is 0 Å². The summed E-state index contributed by atoms with van der Waals surface area (Å²) < 4.78 is 52.7. The van der Waals surface area contributed by atoms with Gasteiger partial charge in [0.25, 0.3) is 10.1 Å². The van der Waals surface area contributed by atoms with Crippen molar-refractivity contribution in [2.24, 2.45) is 0 Å². The van der Waals surface area contributed by atoms with Gasteiger partial charge in [0.15, 0.2) is 0 Å². The molecule has 0 aliphatic carbocycles. The zero-order chi connectivity index (χ0) is 23.0. The molecule has 2 unspecified atom stereocenters. The summed E-state index contributed by atoms with van der Waals surface area (Å²) in [7, 11) is -7.71. The minimum atomic E-state index is -4.58. The number of rotatable bonds is 11. The SMILES string of the molecule is O=[P+](O)OC(CCCc1cccc(Oc2ccc(Cc3ccccc3)cc2)c1)S(=O)(=O)O.[H-].[K+]. The van der Waals surface area contributed by atoms with Crippen molar-refractivity contribution < 1.29 is 84.5 Å². The summed E-state index contributed by atoms with van der Waals surface area (Å²) in [5, 5.41) is 0. The van der Waals surface area contributed by atoms with Crippen molar-refractivity contribution >= 4 is 18.4 Å². The maximum absolute atomic E-state index is 11.3. The summed E-state index contributed by atoms with van der Waals surface area (Å²) in [6, 6.07) is 25.4. The summed E-state index contributed by atoms with van der Waals surface area (Å²) >= 11 is 0. The van der Waals surface area contributed by atoms with Gasteiger partial charge in [0.05, 0.1) is 0 Å². The monoisotopic (exact) mass is 515 g/mol. The van der Waals surface area contributed by atoms with Crippen LogP contribution in [0.3, 0.4) is 0 Å². The fourth-order valence-corrected chi connectivity index (χ4v) is 4.66. The Morgan fingerprint density at radius 1 is 0.879 bits per heavy atom. The van der Waals surface area contributed by atoms with Gasteiger partial charge in [-0.15, -0.1) is 4.89 Å². The Morgan fingerprint density at radius 2 is 1.52 bits per heavy atom. The van der Waals surface area contributed by atoms with Gasteiger partial charge in [-0.05, 0) is 66.6 Å². The number of hydrogen-bond acceptors (Lipinski definition) is 5. The number of aryl methyl sites for hydroxylation is 1. The topological polar surface area (TPSA) is 110 Å². The minimum absolute atomic E-state index is 0. The zero-order valence-electron chi connectivity index (χ0n) is 19.2. The van der Waals surface area contributed by atoms with Gasteiger partial charge in [-0.1, -0.05) is 59.1 Å². The standard InChI is InChI=1S/C23H23O7PS.K.H/c24-31(25)30-23(32(26,27)28)11-5-9-19-8-4-10-22(17-19)29-21-14-12-20(13-15-21)16-18-6-2-1-3-7-18;;/h1-4,6-8,10,12-15,17,23H,5,9,11,16H2,(H-,24,25,26,27,28);;/q;+1;-1/p+1.